The fourth-order valence-electron chi connectivity index (χ4n) is 2.39. The number of carbonyl (C=O) groups is 1. The number of nitrogens with zero attached hydrogens (tertiary/aromatic N) is 2. The van der Waals surface area contributed by atoms with Crippen LogP contribution in [0.15, 0.2) is 52.1 Å². The Hall–Kier alpha value is -2.87. The first-order chi connectivity index (χ1) is 13.4. The van der Waals surface area contributed by atoms with Crippen LogP contribution in [0.1, 0.15) is 30.0 Å². The van der Waals surface area contributed by atoms with E-state index in [9.17, 15) is 9.18 Å². The third kappa shape index (κ3) is 5.32. The molecule has 8 heteroatoms. The molecule has 146 valence electrons. The number of hydrogen-bond acceptors (Lipinski definition) is 6. The average molecular weight is 401 g/mol. The molecule has 28 heavy (non-hydrogen) atoms. The zero-order valence-electron chi connectivity index (χ0n) is 15.7. The van der Waals surface area contributed by atoms with Gasteiger partial charge in [-0.2, -0.15) is 0 Å². The van der Waals surface area contributed by atoms with Crippen LogP contribution >= 0.6 is 11.8 Å². The van der Waals surface area contributed by atoms with Crippen molar-refractivity contribution >= 4 is 23.4 Å². The van der Waals surface area contributed by atoms with Gasteiger partial charge in [0.25, 0.3) is 11.1 Å². The van der Waals surface area contributed by atoms with Crippen LogP contribution in [0.25, 0.3) is 0 Å². The fourth-order valence-corrected chi connectivity index (χ4v) is 2.96. The van der Waals surface area contributed by atoms with Crippen LogP contribution in [-0.2, 0) is 4.79 Å². The highest BCUT2D eigenvalue weighted by molar-refractivity contribution is 7.99. The van der Waals surface area contributed by atoms with Gasteiger partial charge in [-0.05, 0) is 62.2 Å². The number of nitrogens with one attached hydrogen (secondary N) is 1. The summed E-state index contributed by atoms with van der Waals surface area (Å²) in [4.78, 5) is 12.2. The molecule has 1 aromatic heterocycles. The third-order valence-electron chi connectivity index (χ3n) is 3.89. The van der Waals surface area contributed by atoms with E-state index in [1.807, 2.05) is 32.0 Å². The molecule has 0 radical (unpaired) electrons. The van der Waals surface area contributed by atoms with E-state index in [1.54, 1.807) is 6.92 Å². The summed E-state index contributed by atoms with van der Waals surface area (Å²) >= 11 is 1.15. The van der Waals surface area contributed by atoms with Crippen molar-refractivity contribution in [2.75, 3.05) is 11.1 Å². The predicted molar refractivity (Wildman–Crippen MR) is 105 cm³/mol. The van der Waals surface area contributed by atoms with Gasteiger partial charge in [0.2, 0.25) is 5.91 Å². The lowest BCUT2D eigenvalue weighted by molar-refractivity contribution is -0.113. The Kier molecular flexibility index (Phi) is 6.30. The number of carbonyl (C=O) groups excluding carboxylic acids is 1. The van der Waals surface area contributed by atoms with E-state index in [0.717, 1.165) is 28.6 Å². The Labute approximate surface area is 166 Å². The monoisotopic (exact) mass is 401 g/mol. The Bertz CT molecular complexity index is 960. The Balaban J connectivity index is 1.53. The van der Waals surface area contributed by atoms with Crippen LogP contribution in [0.2, 0.25) is 0 Å². The number of aryl methyl sites for hydroxylation is 2. The molecule has 1 heterocycles. The minimum Gasteiger partial charge on any atom is -0.481 e. The summed E-state index contributed by atoms with van der Waals surface area (Å²) in [5.41, 5.74) is 2.86. The van der Waals surface area contributed by atoms with Gasteiger partial charge in [0, 0.05) is 5.69 Å². The van der Waals surface area contributed by atoms with Gasteiger partial charge in [-0.3, -0.25) is 4.79 Å². The predicted octanol–water partition coefficient (Wildman–Crippen LogP) is 4.70. The van der Waals surface area contributed by atoms with Crippen molar-refractivity contribution in [2.24, 2.45) is 0 Å². The van der Waals surface area contributed by atoms with Crippen LogP contribution < -0.4 is 10.1 Å². The quantitative estimate of drug-likeness (QED) is 0.579. The molecule has 0 aliphatic carbocycles. The van der Waals surface area contributed by atoms with E-state index in [0.29, 0.717) is 5.75 Å². The topological polar surface area (TPSA) is 77.2 Å². The number of hydrogen-bond donors (Lipinski definition) is 1. The molecule has 0 unspecified atom stereocenters. The van der Waals surface area contributed by atoms with Gasteiger partial charge in [0.05, 0.1) is 5.75 Å². The van der Waals surface area contributed by atoms with Gasteiger partial charge in [0.15, 0.2) is 6.10 Å². The van der Waals surface area contributed by atoms with Gasteiger partial charge < -0.3 is 14.5 Å². The van der Waals surface area contributed by atoms with E-state index < -0.39 is 6.10 Å². The molecule has 3 rings (SSSR count). The van der Waals surface area contributed by atoms with Crippen molar-refractivity contribution in [1.82, 2.24) is 10.2 Å². The highest BCUT2D eigenvalue weighted by atomic mass is 32.2. The summed E-state index contributed by atoms with van der Waals surface area (Å²) in [6, 6.07) is 11.6. The molecule has 0 saturated carbocycles. The Morgan fingerprint density at radius 3 is 2.71 bits per heavy atom. The van der Waals surface area contributed by atoms with Crippen molar-refractivity contribution in [3.05, 3.63) is 65.3 Å². The summed E-state index contributed by atoms with van der Waals surface area (Å²) in [6.45, 7) is 5.66. The van der Waals surface area contributed by atoms with Crippen molar-refractivity contribution < 1.29 is 18.3 Å². The van der Waals surface area contributed by atoms with E-state index in [-0.39, 0.29) is 28.6 Å². The molecule has 3 aromatic rings. The average Bonchev–Trinajstić information content (AvgIpc) is 3.14. The largest absolute Gasteiger partial charge is 0.481 e. The molecular weight excluding hydrogens is 381 g/mol. The van der Waals surface area contributed by atoms with Crippen LogP contribution in [0.4, 0.5) is 10.1 Å². The molecule has 0 fully saturated rings. The summed E-state index contributed by atoms with van der Waals surface area (Å²) in [5, 5.41) is 11.0. The van der Waals surface area contributed by atoms with Crippen LogP contribution in [0.5, 0.6) is 5.75 Å². The molecule has 1 atom stereocenters. The number of ether oxygens (including phenoxy) is 1. The molecule has 0 bridgehead atoms. The second kappa shape index (κ2) is 8.88. The zero-order chi connectivity index (χ0) is 20.1. The molecule has 0 aliphatic heterocycles. The summed E-state index contributed by atoms with van der Waals surface area (Å²) in [6.07, 6.45) is -0.504. The van der Waals surface area contributed by atoms with Gasteiger partial charge in [0.1, 0.15) is 11.6 Å². The second-order valence-corrected chi connectivity index (χ2v) is 7.20. The SMILES string of the molecule is Cc1ccc(C)c(NC(=O)CSc2nnc([C@@H](C)Oc3ccc(F)cc3)o2)c1. The summed E-state index contributed by atoms with van der Waals surface area (Å²) in [7, 11) is 0. The number of thioether (sulfide) groups is 1. The lowest BCUT2D eigenvalue weighted by Crippen LogP contribution is -2.14. The molecule has 1 N–H and O–H groups in total. The molecular formula is C20H20FN3O3S. The standard InChI is InChI=1S/C20H20FN3O3S/c1-12-4-5-13(2)17(10-12)22-18(25)11-28-20-24-23-19(27-20)14(3)26-16-8-6-15(21)7-9-16/h4-10,14H,11H2,1-3H3,(H,22,25)/t14-/m1/s1. The van der Waals surface area contributed by atoms with Gasteiger partial charge in [-0.15, -0.1) is 10.2 Å². The maximum Gasteiger partial charge on any atom is 0.277 e. The van der Waals surface area contributed by atoms with Crippen LogP contribution in [0, 0.1) is 19.7 Å². The van der Waals surface area contributed by atoms with Gasteiger partial charge in [-0.1, -0.05) is 23.9 Å². The molecule has 0 aliphatic rings. The smallest absolute Gasteiger partial charge is 0.277 e. The first-order valence-electron chi connectivity index (χ1n) is 8.66. The fraction of sp³-hybridized carbons (Fsp3) is 0.250. The molecule has 1 amide bonds. The first kappa shape index (κ1) is 19.9. The maximum atomic E-state index is 12.9. The number of benzene rings is 2. The van der Waals surface area contributed by atoms with Crippen molar-refractivity contribution in [3.8, 4) is 5.75 Å². The van der Waals surface area contributed by atoms with Crippen LogP contribution in [0.3, 0.4) is 0 Å². The highest BCUT2D eigenvalue weighted by Gasteiger charge is 2.17. The first-order valence-corrected chi connectivity index (χ1v) is 9.65. The lowest BCUT2D eigenvalue weighted by Gasteiger charge is -2.10. The van der Waals surface area contributed by atoms with Crippen LogP contribution in [-0.4, -0.2) is 21.9 Å². The minimum atomic E-state index is -0.504. The zero-order valence-corrected chi connectivity index (χ0v) is 16.5. The van der Waals surface area contributed by atoms with Crippen molar-refractivity contribution in [3.63, 3.8) is 0 Å². The molecule has 0 saturated heterocycles. The van der Waals surface area contributed by atoms with E-state index in [2.05, 4.69) is 15.5 Å². The highest BCUT2D eigenvalue weighted by Crippen LogP contribution is 2.24. The normalized spacial score (nSPS) is 11.9. The van der Waals surface area contributed by atoms with Gasteiger partial charge in [-0.25, -0.2) is 4.39 Å². The summed E-state index contributed by atoms with van der Waals surface area (Å²) in [5.74, 6) is 0.419. The van der Waals surface area contributed by atoms with E-state index in [4.69, 9.17) is 9.15 Å². The molecule has 6 nitrogen and oxygen atoms in total. The summed E-state index contributed by atoms with van der Waals surface area (Å²) < 4.78 is 24.1. The van der Waals surface area contributed by atoms with Gasteiger partial charge >= 0.3 is 0 Å². The molecule has 0 spiro atoms. The number of amides is 1. The van der Waals surface area contributed by atoms with E-state index in [1.165, 1.54) is 24.3 Å². The third-order valence-corrected chi connectivity index (χ3v) is 4.71. The van der Waals surface area contributed by atoms with E-state index >= 15 is 0 Å². The minimum absolute atomic E-state index is 0.141. The lowest BCUT2D eigenvalue weighted by atomic mass is 10.1. The molecule has 2 aromatic carbocycles. The number of aromatic nitrogens is 2. The Morgan fingerprint density at radius 2 is 1.96 bits per heavy atom. The Morgan fingerprint density at radius 1 is 1.21 bits per heavy atom. The van der Waals surface area contributed by atoms with Crippen molar-refractivity contribution in [1.29, 1.82) is 0 Å². The number of rotatable bonds is 7. The van der Waals surface area contributed by atoms with Crippen molar-refractivity contribution in [2.45, 2.75) is 32.1 Å². The maximum absolute atomic E-state index is 12.9. The number of halogens is 1. The second-order valence-electron chi connectivity index (χ2n) is 6.28. The number of anilines is 1.